The van der Waals surface area contributed by atoms with Gasteiger partial charge in [-0.2, -0.15) is 0 Å². The maximum absolute atomic E-state index is 14.1. The van der Waals surface area contributed by atoms with Gasteiger partial charge in [0, 0.05) is 49.2 Å². The Bertz CT molecular complexity index is 1630. The molecule has 0 spiro atoms. The van der Waals surface area contributed by atoms with Crippen LogP contribution in [0, 0.1) is 6.92 Å². The summed E-state index contributed by atoms with van der Waals surface area (Å²) in [6, 6.07) is 26.3. The molecule has 0 unspecified atom stereocenters. The van der Waals surface area contributed by atoms with Gasteiger partial charge in [-0.15, -0.1) is 0 Å². The van der Waals surface area contributed by atoms with Crippen molar-refractivity contribution < 1.29 is 14.3 Å². The predicted molar refractivity (Wildman–Crippen MR) is 166 cm³/mol. The number of hydrogen-bond donors (Lipinski definition) is 0. The third-order valence-electron chi connectivity index (χ3n) is 8.65. The average molecular weight is 563 g/mol. The molecule has 0 aliphatic carbocycles. The molecule has 0 bridgehead atoms. The Kier molecular flexibility index (Phi) is 7.60. The molecule has 4 aromatic rings. The number of para-hydroxylation sites is 1. The number of methoxy groups -OCH3 is 1. The van der Waals surface area contributed by atoms with Crippen molar-refractivity contribution >= 4 is 17.5 Å². The van der Waals surface area contributed by atoms with E-state index in [-0.39, 0.29) is 11.8 Å². The van der Waals surface area contributed by atoms with Crippen molar-refractivity contribution in [3.05, 3.63) is 107 Å². The molecule has 0 radical (unpaired) electrons. The summed E-state index contributed by atoms with van der Waals surface area (Å²) < 4.78 is 7.50. The van der Waals surface area contributed by atoms with Gasteiger partial charge in [-0.25, -0.2) is 0 Å². The topological polar surface area (TPSA) is 58.0 Å². The lowest BCUT2D eigenvalue weighted by molar-refractivity contribution is 0.0585. The SMILES string of the molecule is COc1cccc(-c2ccc(C(=O)N3Cc4ccc(C(=O)N5CCN(C(C)C)CC5)n4Cc4ccccc43)cc2C)c1. The summed E-state index contributed by atoms with van der Waals surface area (Å²) in [5, 5.41) is 0. The van der Waals surface area contributed by atoms with E-state index >= 15 is 0 Å². The normalized spacial score (nSPS) is 15.3. The number of ether oxygens (including phenoxy) is 1. The van der Waals surface area contributed by atoms with E-state index in [2.05, 4.69) is 35.4 Å². The van der Waals surface area contributed by atoms with E-state index in [0.717, 1.165) is 65.6 Å². The van der Waals surface area contributed by atoms with Crippen molar-refractivity contribution in [2.75, 3.05) is 38.2 Å². The molecule has 1 fully saturated rings. The molecule has 1 aromatic heterocycles. The number of carbonyl (C=O) groups excluding carboxylic acids is 2. The van der Waals surface area contributed by atoms with E-state index in [1.54, 1.807) is 7.11 Å². The highest BCUT2D eigenvalue weighted by molar-refractivity contribution is 6.07. The molecule has 3 aromatic carbocycles. The van der Waals surface area contributed by atoms with Crippen LogP contribution in [0.15, 0.2) is 78.9 Å². The molecule has 216 valence electrons. The number of benzene rings is 3. The van der Waals surface area contributed by atoms with Crippen LogP contribution in [0.5, 0.6) is 5.75 Å². The minimum absolute atomic E-state index is 0.0601. The Morgan fingerprint density at radius 3 is 2.33 bits per heavy atom. The second kappa shape index (κ2) is 11.5. The Balaban J connectivity index is 1.29. The number of piperazine rings is 1. The van der Waals surface area contributed by atoms with E-state index in [9.17, 15) is 9.59 Å². The molecule has 0 saturated carbocycles. The number of carbonyl (C=O) groups is 2. The zero-order valence-corrected chi connectivity index (χ0v) is 24.8. The van der Waals surface area contributed by atoms with Gasteiger partial charge in [0.1, 0.15) is 11.4 Å². The van der Waals surface area contributed by atoms with E-state index in [4.69, 9.17) is 4.74 Å². The first kappa shape index (κ1) is 27.8. The summed E-state index contributed by atoms with van der Waals surface area (Å²) in [5.74, 6) is 0.799. The monoisotopic (exact) mass is 562 g/mol. The van der Waals surface area contributed by atoms with Gasteiger partial charge in [-0.3, -0.25) is 14.5 Å². The molecule has 2 aliphatic rings. The summed E-state index contributed by atoms with van der Waals surface area (Å²) in [7, 11) is 1.66. The summed E-state index contributed by atoms with van der Waals surface area (Å²) in [5.41, 5.74) is 7.30. The first-order valence-electron chi connectivity index (χ1n) is 14.7. The van der Waals surface area contributed by atoms with Crippen LogP contribution in [-0.4, -0.2) is 65.5 Å². The van der Waals surface area contributed by atoms with E-state index in [0.29, 0.717) is 30.4 Å². The number of rotatable bonds is 5. The lowest BCUT2D eigenvalue weighted by Gasteiger charge is -2.37. The van der Waals surface area contributed by atoms with Crippen LogP contribution in [0.1, 0.15) is 51.5 Å². The summed E-state index contributed by atoms with van der Waals surface area (Å²) in [6.07, 6.45) is 0. The van der Waals surface area contributed by atoms with Crippen molar-refractivity contribution in [3.8, 4) is 16.9 Å². The van der Waals surface area contributed by atoms with Gasteiger partial charge in [0.2, 0.25) is 0 Å². The number of anilines is 1. The zero-order chi connectivity index (χ0) is 29.4. The number of aromatic nitrogens is 1. The molecule has 0 N–H and O–H groups in total. The van der Waals surface area contributed by atoms with Gasteiger partial charge >= 0.3 is 0 Å². The van der Waals surface area contributed by atoms with Gasteiger partial charge in [-0.05, 0) is 85.5 Å². The molecular weight excluding hydrogens is 524 g/mol. The minimum atomic E-state index is -0.0601. The lowest BCUT2D eigenvalue weighted by atomic mass is 9.97. The summed E-state index contributed by atoms with van der Waals surface area (Å²) in [6.45, 7) is 10.6. The molecule has 7 heteroatoms. The van der Waals surface area contributed by atoms with Crippen LogP contribution in [0.3, 0.4) is 0 Å². The number of nitrogens with zero attached hydrogens (tertiary/aromatic N) is 4. The van der Waals surface area contributed by atoms with Gasteiger partial charge in [0.05, 0.1) is 20.2 Å². The van der Waals surface area contributed by atoms with Crippen LogP contribution in [-0.2, 0) is 13.1 Å². The van der Waals surface area contributed by atoms with Crippen LogP contribution in [0.2, 0.25) is 0 Å². The molecule has 42 heavy (non-hydrogen) atoms. The molecule has 7 nitrogen and oxygen atoms in total. The highest BCUT2D eigenvalue weighted by Gasteiger charge is 2.30. The van der Waals surface area contributed by atoms with Crippen LogP contribution in [0.25, 0.3) is 11.1 Å². The van der Waals surface area contributed by atoms with Gasteiger partial charge in [0.15, 0.2) is 0 Å². The Hall–Kier alpha value is -4.36. The molecule has 3 heterocycles. The van der Waals surface area contributed by atoms with Crippen LogP contribution < -0.4 is 9.64 Å². The average Bonchev–Trinajstić information content (AvgIpc) is 3.33. The smallest absolute Gasteiger partial charge is 0.270 e. The molecule has 2 aliphatic heterocycles. The minimum Gasteiger partial charge on any atom is -0.497 e. The number of hydrogen-bond acceptors (Lipinski definition) is 4. The maximum atomic E-state index is 14.1. The van der Waals surface area contributed by atoms with Crippen LogP contribution >= 0.6 is 0 Å². The highest BCUT2D eigenvalue weighted by atomic mass is 16.5. The first-order valence-corrected chi connectivity index (χ1v) is 14.7. The second-order valence-electron chi connectivity index (χ2n) is 11.5. The summed E-state index contributed by atoms with van der Waals surface area (Å²) >= 11 is 0. The Morgan fingerprint density at radius 1 is 0.810 bits per heavy atom. The number of aryl methyl sites for hydroxylation is 1. The molecule has 1 saturated heterocycles. The maximum Gasteiger partial charge on any atom is 0.270 e. The van der Waals surface area contributed by atoms with E-state index < -0.39 is 0 Å². The van der Waals surface area contributed by atoms with Crippen LogP contribution in [0.4, 0.5) is 5.69 Å². The zero-order valence-electron chi connectivity index (χ0n) is 24.8. The third-order valence-corrected chi connectivity index (χ3v) is 8.65. The number of amides is 2. The van der Waals surface area contributed by atoms with Crippen molar-refractivity contribution in [2.45, 2.75) is 39.9 Å². The van der Waals surface area contributed by atoms with Crippen molar-refractivity contribution in [3.63, 3.8) is 0 Å². The standard InChI is InChI=1S/C35H38N4O3/c1-24(2)36-16-18-37(19-17-36)35(41)33-15-13-29-23-39(32-11-6-5-8-28(32)22-38(29)33)34(40)27-12-14-31(25(3)20-27)26-9-7-10-30(21-26)42-4/h5-15,20-21,24H,16-19,22-23H2,1-4H3. The van der Waals surface area contributed by atoms with Gasteiger partial charge in [-0.1, -0.05) is 36.4 Å². The lowest BCUT2D eigenvalue weighted by Crippen LogP contribution is -2.51. The van der Waals surface area contributed by atoms with E-state index in [1.807, 2.05) is 83.5 Å². The quantitative estimate of drug-likeness (QED) is 0.306. The molecule has 0 atom stereocenters. The predicted octanol–water partition coefficient (Wildman–Crippen LogP) is 5.85. The van der Waals surface area contributed by atoms with Gasteiger partial charge < -0.3 is 19.1 Å². The fraction of sp³-hybridized carbons (Fsp3) is 0.314. The summed E-state index contributed by atoms with van der Waals surface area (Å²) in [4.78, 5) is 34.0. The van der Waals surface area contributed by atoms with Crippen molar-refractivity contribution in [2.24, 2.45) is 0 Å². The third kappa shape index (κ3) is 5.21. The molecule has 6 rings (SSSR count). The fourth-order valence-corrected chi connectivity index (χ4v) is 6.20. The van der Waals surface area contributed by atoms with Crippen molar-refractivity contribution in [1.29, 1.82) is 0 Å². The Morgan fingerprint density at radius 2 is 1.60 bits per heavy atom. The highest BCUT2D eigenvalue weighted by Crippen LogP contribution is 2.32. The van der Waals surface area contributed by atoms with Crippen molar-refractivity contribution in [1.82, 2.24) is 14.4 Å². The molecular formula is C35H38N4O3. The fourth-order valence-electron chi connectivity index (χ4n) is 6.20. The molecule has 2 amide bonds. The van der Waals surface area contributed by atoms with E-state index in [1.165, 1.54) is 0 Å². The largest absolute Gasteiger partial charge is 0.497 e. The first-order chi connectivity index (χ1) is 20.3. The Labute approximate surface area is 247 Å². The van der Waals surface area contributed by atoms with Gasteiger partial charge in [0.25, 0.3) is 11.8 Å². The second-order valence-corrected chi connectivity index (χ2v) is 11.5. The number of fused-ring (bicyclic) bond motifs is 2.